The summed E-state index contributed by atoms with van der Waals surface area (Å²) in [5, 5.41) is 25.3. The SMILES string of the molecule is CCCCc1nnc(NC(=O)c2ccc(Sc3nc(C)cs3)c([N+](=O)[O-])c2)s1. The summed E-state index contributed by atoms with van der Waals surface area (Å²) in [6.45, 7) is 3.96. The van der Waals surface area contributed by atoms with Crippen LogP contribution in [-0.2, 0) is 6.42 Å². The first kappa shape index (κ1) is 20.4. The fourth-order valence-electron chi connectivity index (χ4n) is 2.26. The first-order valence-corrected chi connectivity index (χ1v) is 11.0. The summed E-state index contributed by atoms with van der Waals surface area (Å²) in [5.74, 6) is -0.456. The number of aromatic nitrogens is 3. The van der Waals surface area contributed by atoms with Crippen LogP contribution >= 0.6 is 34.4 Å². The summed E-state index contributed by atoms with van der Waals surface area (Å²) in [5.41, 5.74) is 0.921. The smallest absolute Gasteiger partial charge is 0.284 e. The highest BCUT2D eigenvalue weighted by Crippen LogP contribution is 2.37. The third-order valence-corrected chi connectivity index (χ3v) is 6.66. The van der Waals surface area contributed by atoms with Gasteiger partial charge in [-0.15, -0.1) is 21.5 Å². The molecule has 0 aliphatic heterocycles. The Balaban J connectivity index is 1.76. The Morgan fingerprint density at radius 1 is 1.36 bits per heavy atom. The Kier molecular flexibility index (Phi) is 6.70. The second-order valence-electron chi connectivity index (χ2n) is 5.86. The number of anilines is 1. The minimum atomic E-state index is -0.493. The van der Waals surface area contributed by atoms with E-state index >= 15 is 0 Å². The molecule has 0 saturated carbocycles. The molecule has 0 atom stereocenters. The number of thiazole rings is 1. The van der Waals surface area contributed by atoms with E-state index in [0.29, 0.717) is 14.4 Å². The van der Waals surface area contributed by atoms with E-state index in [0.717, 1.165) is 30.0 Å². The third-order valence-electron chi connectivity index (χ3n) is 3.64. The quantitative estimate of drug-likeness (QED) is 0.393. The van der Waals surface area contributed by atoms with E-state index in [2.05, 4.69) is 27.4 Å². The molecule has 0 aliphatic rings. The molecule has 2 heterocycles. The van der Waals surface area contributed by atoms with Gasteiger partial charge in [-0.25, -0.2) is 4.98 Å². The van der Waals surface area contributed by atoms with Gasteiger partial charge in [0.05, 0.1) is 9.82 Å². The van der Waals surface area contributed by atoms with Gasteiger partial charge >= 0.3 is 0 Å². The standard InChI is InChI=1S/C17H17N5O3S3/c1-3-4-5-14-20-21-16(28-14)19-15(23)11-6-7-13(12(8-11)22(24)25)27-17-18-10(2)9-26-17/h6-9H,3-5H2,1-2H3,(H,19,21,23). The Bertz CT molecular complexity index is 1000. The lowest BCUT2D eigenvalue weighted by atomic mass is 10.2. The summed E-state index contributed by atoms with van der Waals surface area (Å²) in [6, 6.07) is 4.41. The summed E-state index contributed by atoms with van der Waals surface area (Å²) in [4.78, 5) is 28.2. The molecule has 146 valence electrons. The molecule has 8 nitrogen and oxygen atoms in total. The molecule has 0 fully saturated rings. The monoisotopic (exact) mass is 435 g/mol. The lowest BCUT2D eigenvalue weighted by molar-refractivity contribution is -0.387. The summed E-state index contributed by atoms with van der Waals surface area (Å²) < 4.78 is 0.714. The van der Waals surface area contributed by atoms with Gasteiger partial charge in [-0.3, -0.25) is 20.2 Å². The summed E-state index contributed by atoms with van der Waals surface area (Å²) in [6.07, 6.45) is 2.88. The van der Waals surface area contributed by atoms with Gasteiger partial charge in [0.1, 0.15) is 5.01 Å². The van der Waals surface area contributed by atoms with E-state index in [1.807, 2.05) is 12.3 Å². The van der Waals surface area contributed by atoms with Crippen LogP contribution in [0.2, 0.25) is 0 Å². The van der Waals surface area contributed by atoms with Gasteiger partial charge in [0.2, 0.25) is 5.13 Å². The van der Waals surface area contributed by atoms with Crippen LogP contribution in [0.1, 0.15) is 40.8 Å². The average Bonchev–Trinajstić information content (AvgIpc) is 3.28. The van der Waals surface area contributed by atoms with Crippen molar-refractivity contribution in [2.75, 3.05) is 5.32 Å². The molecule has 1 N–H and O–H groups in total. The predicted molar refractivity (Wildman–Crippen MR) is 111 cm³/mol. The number of hydrogen-bond donors (Lipinski definition) is 1. The van der Waals surface area contributed by atoms with Crippen molar-refractivity contribution in [3.05, 3.63) is 50.0 Å². The molecule has 3 aromatic rings. The van der Waals surface area contributed by atoms with E-state index in [1.54, 1.807) is 12.1 Å². The van der Waals surface area contributed by atoms with Crippen molar-refractivity contribution in [2.24, 2.45) is 0 Å². The number of hydrogen-bond acceptors (Lipinski definition) is 9. The van der Waals surface area contributed by atoms with Crippen molar-refractivity contribution in [3.63, 3.8) is 0 Å². The van der Waals surface area contributed by atoms with Crippen LogP contribution < -0.4 is 5.32 Å². The number of carbonyl (C=O) groups excluding carboxylic acids is 1. The van der Waals surface area contributed by atoms with Gasteiger partial charge in [-0.1, -0.05) is 36.4 Å². The number of benzene rings is 1. The predicted octanol–water partition coefficient (Wildman–Crippen LogP) is 4.96. The van der Waals surface area contributed by atoms with Crippen LogP contribution in [0.15, 0.2) is 32.8 Å². The molecule has 0 bridgehead atoms. The maximum Gasteiger partial charge on any atom is 0.284 e. The van der Waals surface area contributed by atoms with E-state index in [4.69, 9.17) is 0 Å². The molecule has 2 aromatic heterocycles. The zero-order valence-electron chi connectivity index (χ0n) is 15.2. The number of aryl methyl sites for hydroxylation is 2. The van der Waals surface area contributed by atoms with Crippen LogP contribution in [-0.4, -0.2) is 26.0 Å². The van der Waals surface area contributed by atoms with Crippen LogP contribution in [0.4, 0.5) is 10.8 Å². The van der Waals surface area contributed by atoms with Gasteiger partial charge in [0.25, 0.3) is 11.6 Å². The molecule has 28 heavy (non-hydrogen) atoms. The van der Waals surface area contributed by atoms with Crippen molar-refractivity contribution in [3.8, 4) is 0 Å². The van der Waals surface area contributed by atoms with Gasteiger partial charge in [-0.2, -0.15) is 0 Å². The molecule has 0 aliphatic carbocycles. The summed E-state index contributed by atoms with van der Waals surface area (Å²) in [7, 11) is 0. The largest absolute Gasteiger partial charge is 0.296 e. The van der Waals surface area contributed by atoms with Gasteiger partial charge in [0.15, 0.2) is 4.34 Å². The van der Waals surface area contributed by atoms with E-state index in [9.17, 15) is 14.9 Å². The van der Waals surface area contributed by atoms with Crippen LogP contribution in [0.5, 0.6) is 0 Å². The van der Waals surface area contributed by atoms with Gasteiger partial charge in [-0.05, 0) is 25.5 Å². The molecule has 0 unspecified atom stereocenters. The number of carbonyl (C=O) groups is 1. The fourth-order valence-corrected chi connectivity index (χ4v) is 4.92. The minimum Gasteiger partial charge on any atom is -0.296 e. The fraction of sp³-hybridized carbons (Fsp3) is 0.294. The Morgan fingerprint density at radius 3 is 2.86 bits per heavy atom. The Hall–Kier alpha value is -2.37. The normalized spacial score (nSPS) is 10.8. The van der Waals surface area contributed by atoms with E-state index in [1.165, 1.54) is 40.5 Å². The molecule has 11 heteroatoms. The second kappa shape index (κ2) is 9.22. The van der Waals surface area contributed by atoms with Crippen molar-refractivity contribution in [2.45, 2.75) is 42.3 Å². The maximum absolute atomic E-state index is 12.5. The number of nitrogens with zero attached hydrogens (tertiary/aromatic N) is 4. The number of nitrogens with one attached hydrogen (secondary N) is 1. The van der Waals surface area contributed by atoms with Crippen LogP contribution in [0.25, 0.3) is 0 Å². The summed E-state index contributed by atoms with van der Waals surface area (Å²) >= 11 is 3.95. The zero-order chi connectivity index (χ0) is 20.1. The van der Waals surface area contributed by atoms with Crippen molar-refractivity contribution < 1.29 is 9.72 Å². The molecule has 1 amide bonds. The van der Waals surface area contributed by atoms with Crippen molar-refractivity contribution in [1.82, 2.24) is 15.2 Å². The second-order valence-corrected chi connectivity index (χ2v) is 9.06. The zero-order valence-corrected chi connectivity index (χ0v) is 17.6. The maximum atomic E-state index is 12.5. The first-order valence-electron chi connectivity index (χ1n) is 8.48. The number of rotatable bonds is 8. The Labute approximate surface area is 173 Å². The molecule has 1 aromatic carbocycles. The molecular formula is C17H17N5O3S3. The van der Waals surface area contributed by atoms with Gasteiger partial charge in [0, 0.05) is 29.1 Å². The minimum absolute atomic E-state index is 0.133. The lowest BCUT2D eigenvalue weighted by Gasteiger charge is -2.04. The van der Waals surface area contributed by atoms with Crippen LogP contribution in [0, 0.1) is 17.0 Å². The number of nitro groups is 1. The number of unbranched alkanes of at least 4 members (excludes halogenated alkanes) is 1. The molecule has 0 spiro atoms. The van der Waals surface area contributed by atoms with E-state index < -0.39 is 10.8 Å². The number of nitro benzene ring substituents is 1. The van der Waals surface area contributed by atoms with Crippen molar-refractivity contribution in [1.29, 1.82) is 0 Å². The highest BCUT2D eigenvalue weighted by atomic mass is 32.2. The number of amides is 1. The van der Waals surface area contributed by atoms with Crippen molar-refractivity contribution >= 4 is 51.2 Å². The highest BCUT2D eigenvalue weighted by Gasteiger charge is 2.20. The van der Waals surface area contributed by atoms with Gasteiger partial charge < -0.3 is 0 Å². The van der Waals surface area contributed by atoms with E-state index in [-0.39, 0.29) is 11.3 Å². The molecule has 0 saturated heterocycles. The highest BCUT2D eigenvalue weighted by molar-refractivity contribution is 8.01. The molecule has 3 rings (SSSR count). The molecular weight excluding hydrogens is 418 g/mol. The first-order chi connectivity index (χ1) is 13.5. The Morgan fingerprint density at radius 2 is 2.18 bits per heavy atom. The molecule has 0 radical (unpaired) electrons. The third kappa shape index (κ3) is 5.12. The topological polar surface area (TPSA) is 111 Å². The van der Waals surface area contributed by atoms with Crippen LogP contribution in [0.3, 0.4) is 0 Å². The lowest BCUT2D eigenvalue weighted by Crippen LogP contribution is -2.12. The average molecular weight is 436 g/mol.